The average molecular weight is 601 g/mol. The molecule has 5 saturated carbocycles. The lowest BCUT2D eigenvalue weighted by Crippen LogP contribution is -2.60. The third-order valence-corrected chi connectivity index (χ3v) is 21.5. The van der Waals surface area contributed by atoms with Gasteiger partial charge in [-0.05, 0) is 126 Å². The van der Waals surface area contributed by atoms with Gasteiger partial charge in [0.05, 0.1) is 24.4 Å². The zero-order chi connectivity index (χ0) is 30.9. The Bertz CT molecular complexity index is 1040. The Labute approximate surface area is 261 Å². The van der Waals surface area contributed by atoms with Gasteiger partial charge in [0.25, 0.3) is 0 Å². The molecular formula is C38H68O3Si. The number of hydrogen-bond acceptors (Lipinski definition) is 3. The summed E-state index contributed by atoms with van der Waals surface area (Å²) >= 11 is 0. The fraction of sp³-hybridized carbons (Fsp3) is 1.00. The minimum Gasteiger partial charge on any atom is -0.411 e. The van der Waals surface area contributed by atoms with Crippen molar-refractivity contribution in [1.82, 2.24) is 0 Å². The van der Waals surface area contributed by atoms with Crippen LogP contribution in [-0.2, 0) is 9.16 Å². The number of aliphatic hydroxyl groups is 1. The maximum atomic E-state index is 11.6. The molecule has 0 aromatic rings. The first-order valence-electron chi connectivity index (χ1n) is 18.5. The largest absolute Gasteiger partial charge is 0.411 e. The average Bonchev–Trinajstić information content (AvgIpc) is 3.56. The van der Waals surface area contributed by atoms with E-state index < -0.39 is 14.4 Å². The van der Waals surface area contributed by atoms with E-state index >= 15 is 0 Å². The second-order valence-electron chi connectivity index (χ2n) is 19.1. The molecule has 6 aliphatic rings. The molecule has 6 rings (SSSR count). The highest BCUT2D eigenvalue weighted by molar-refractivity contribution is 6.73. The van der Waals surface area contributed by atoms with E-state index in [-0.39, 0.29) is 34.6 Å². The normalized spacial score (nSPS) is 51.9. The van der Waals surface area contributed by atoms with Crippen molar-refractivity contribution in [3.05, 3.63) is 0 Å². The van der Waals surface area contributed by atoms with Gasteiger partial charge in [0, 0.05) is 5.41 Å². The molecule has 0 radical (unpaired) electrons. The Hall–Kier alpha value is 0.0969. The van der Waals surface area contributed by atoms with Gasteiger partial charge < -0.3 is 14.3 Å². The predicted octanol–water partition coefficient (Wildman–Crippen LogP) is 9.87. The quantitative estimate of drug-likeness (QED) is 0.308. The number of fused-ring (bicyclic) bond motifs is 4. The second kappa shape index (κ2) is 9.80. The summed E-state index contributed by atoms with van der Waals surface area (Å²) in [6.45, 7) is 29.5. The van der Waals surface area contributed by atoms with E-state index in [0.29, 0.717) is 28.1 Å². The maximum absolute atomic E-state index is 11.6. The molecule has 1 heterocycles. The second-order valence-corrected chi connectivity index (χ2v) is 23.8. The van der Waals surface area contributed by atoms with Gasteiger partial charge in [-0.15, -0.1) is 0 Å². The van der Waals surface area contributed by atoms with Crippen molar-refractivity contribution in [2.24, 2.45) is 62.1 Å². The topological polar surface area (TPSA) is 38.7 Å². The van der Waals surface area contributed by atoms with Gasteiger partial charge in [-0.3, -0.25) is 0 Å². The van der Waals surface area contributed by atoms with Crippen molar-refractivity contribution >= 4 is 8.32 Å². The molecule has 0 aromatic carbocycles. The smallest absolute Gasteiger partial charge is 0.192 e. The van der Waals surface area contributed by atoms with Crippen LogP contribution >= 0.6 is 0 Å². The fourth-order valence-corrected chi connectivity index (χ4v) is 16.6. The van der Waals surface area contributed by atoms with Crippen molar-refractivity contribution in [3.63, 3.8) is 0 Å². The van der Waals surface area contributed by atoms with E-state index in [1.165, 1.54) is 63.1 Å². The number of aliphatic hydroxyl groups excluding tert-OH is 1. The molecule has 1 aliphatic heterocycles. The summed E-state index contributed by atoms with van der Waals surface area (Å²) in [6, 6.07) is 3.58. The Morgan fingerprint density at radius 2 is 1.48 bits per heavy atom. The van der Waals surface area contributed by atoms with Gasteiger partial charge in [-0.2, -0.15) is 0 Å². The highest BCUT2D eigenvalue weighted by atomic mass is 28.4. The molecule has 42 heavy (non-hydrogen) atoms. The van der Waals surface area contributed by atoms with E-state index in [4.69, 9.17) is 9.16 Å². The first kappa shape index (κ1) is 32.1. The third kappa shape index (κ3) is 3.85. The van der Waals surface area contributed by atoms with Gasteiger partial charge in [-0.25, -0.2) is 0 Å². The summed E-state index contributed by atoms with van der Waals surface area (Å²) < 4.78 is 15.2. The lowest BCUT2D eigenvalue weighted by atomic mass is 9.41. The van der Waals surface area contributed by atoms with Crippen LogP contribution in [0.3, 0.4) is 0 Å². The highest BCUT2D eigenvalue weighted by Crippen LogP contribution is 2.89. The molecule has 0 aromatic heterocycles. The number of rotatable bonds is 6. The molecule has 4 heteroatoms. The molecule has 5 aliphatic carbocycles. The lowest BCUT2D eigenvalue weighted by Gasteiger charge is -2.64. The third-order valence-electron chi connectivity index (χ3n) is 16.9. The highest BCUT2D eigenvalue weighted by Gasteiger charge is 2.84. The van der Waals surface area contributed by atoms with Crippen LogP contribution in [0.4, 0.5) is 0 Å². The Kier molecular flexibility index (Phi) is 7.48. The van der Waals surface area contributed by atoms with E-state index in [2.05, 4.69) is 83.1 Å². The molecule has 1 N–H and O–H groups in total. The van der Waals surface area contributed by atoms with E-state index in [1.54, 1.807) is 0 Å². The molecule has 6 fully saturated rings. The summed E-state index contributed by atoms with van der Waals surface area (Å²) in [6.07, 6.45) is 10.6. The monoisotopic (exact) mass is 600 g/mol. The summed E-state index contributed by atoms with van der Waals surface area (Å²) in [5, 5.41) is 11.6. The van der Waals surface area contributed by atoms with Crippen LogP contribution in [0.1, 0.15) is 134 Å². The zero-order valence-corrected chi connectivity index (χ0v) is 30.7. The molecule has 0 amide bonds. The van der Waals surface area contributed by atoms with Crippen molar-refractivity contribution in [3.8, 4) is 0 Å². The van der Waals surface area contributed by atoms with Crippen LogP contribution in [0.2, 0.25) is 18.1 Å². The van der Waals surface area contributed by atoms with Gasteiger partial charge in [0.1, 0.15) is 0 Å². The van der Waals surface area contributed by atoms with Crippen LogP contribution in [0.25, 0.3) is 0 Å². The molecule has 1 saturated heterocycles. The van der Waals surface area contributed by atoms with Crippen LogP contribution in [0.15, 0.2) is 0 Å². The molecule has 6 unspecified atom stereocenters. The van der Waals surface area contributed by atoms with E-state index in [1.807, 2.05) is 0 Å². The first-order valence-corrected chi connectivity index (χ1v) is 21.0. The van der Waals surface area contributed by atoms with Crippen molar-refractivity contribution < 1.29 is 14.3 Å². The van der Waals surface area contributed by atoms with Gasteiger partial charge >= 0.3 is 0 Å². The van der Waals surface area contributed by atoms with E-state index in [0.717, 1.165) is 24.2 Å². The fourth-order valence-electron chi connectivity index (χ4n) is 13.7. The first-order chi connectivity index (χ1) is 19.4. The van der Waals surface area contributed by atoms with Gasteiger partial charge in [-0.1, -0.05) is 83.1 Å². The Balaban J connectivity index is 1.45. The molecule has 0 bridgehead atoms. The summed E-state index contributed by atoms with van der Waals surface area (Å²) in [5.74, 6) is 3.51. The van der Waals surface area contributed by atoms with Crippen LogP contribution in [0, 0.1) is 62.1 Å². The minimum atomic E-state index is -1.90. The molecular weight excluding hydrogens is 533 g/mol. The SMILES string of the molecule is CC[Si](CC)(CC)O[C@H]1C2OC([C@H](O)C(C)(C)C)CC(C)C2[C@@]2(C)CCC34C[C@@]35CCC(C)C(C)(C)[C@@H]5CC[C@H]4[C@]12C. The Morgan fingerprint density at radius 1 is 0.881 bits per heavy atom. The van der Waals surface area contributed by atoms with Crippen molar-refractivity contribution in [2.45, 2.75) is 177 Å². The van der Waals surface area contributed by atoms with Crippen molar-refractivity contribution in [1.29, 1.82) is 0 Å². The lowest BCUT2D eigenvalue weighted by molar-refractivity contribution is -0.186. The van der Waals surface area contributed by atoms with Crippen molar-refractivity contribution in [2.75, 3.05) is 0 Å². The van der Waals surface area contributed by atoms with Crippen LogP contribution < -0.4 is 0 Å². The zero-order valence-electron chi connectivity index (χ0n) is 29.7. The predicted molar refractivity (Wildman–Crippen MR) is 177 cm³/mol. The summed E-state index contributed by atoms with van der Waals surface area (Å²) in [7, 11) is -1.90. The Morgan fingerprint density at radius 3 is 2.07 bits per heavy atom. The summed E-state index contributed by atoms with van der Waals surface area (Å²) in [5.41, 5.74) is 1.69. The molecule has 3 nitrogen and oxygen atoms in total. The molecule has 2 spiro atoms. The molecule has 13 atom stereocenters. The van der Waals surface area contributed by atoms with Gasteiger partial charge in [0.15, 0.2) is 8.32 Å². The van der Waals surface area contributed by atoms with Crippen LogP contribution in [0.5, 0.6) is 0 Å². The minimum absolute atomic E-state index is 0.0988. The number of hydrogen-bond donors (Lipinski definition) is 1. The maximum Gasteiger partial charge on any atom is 0.192 e. The molecule has 242 valence electrons. The standard InChI is InChI=1S/C38H68O3Si/c1-13-42(14-2,15-3)41-32-30-29(24(4)22-26(40-30)31(39)33(6,7)8)35(11)20-21-38-23-37(38)19-18-25(5)34(9,10)27(37)16-17-28(38)36(32,35)12/h24-32,39H,13-23H2,1-12H3/t24?,25?,26?,27-,28-,29?,30?,31-,32-,35+,36+,37+,38?/m0/s1. The van der Waals surface area contributed by atoms with Crippen LogP contribution in [-0.4, -0.2) is 37.8 Å². The van der Waals surface area contributed by atoms with E-state index in [9.17, 15) is 5.11 Å². The van der Waals surface area contributed by atoms with Gasteiger partial charge in [0.2, 0.25) is 0 Å². The number of ether oxygens (including phenoxy) is 1. The summed E-state index contributed by atoms with van der Waals surface area (Å²) in [4.78, 5) is 0.